The van der Waals surface area contributed by atoms with E-state index in [4.69, 9.17) is 4.52 Å². The summed E-state index contributed by atoms with van der Waals surface area (Å²) in [4.78, 5) is 9.32. The molecule has 0 bridgehead atoms. The quantitative estimate of drug-likeness (QED) is 0.868. The normalized spacial score (nSPS) is 22.7. The number of piperidine rings is 1. The maximum absolute atomic E-state index is 5.45. The van der Waals surface area contributed by atoms with Crippen LogP contribution in [-0.2, 0) is 6.54 Å². The first-order valence-electron chi connectivity index (χ1n) is 8.33. The highest BCUT2D eigenvalue weighted by Gasteiger charge is 2.26. The summed E-state index contributed by atoms with van der Waals surface area (Å²) in [6, 6.07) is 9.41. The average Bonchev–Trinajstić information content (AvgIpc) is 2.99. The van der Waals surface area contributed by atoms with Crippen LogP contribution in [0.3, 0.4) is 0 Å². The highest BCUT2D eigenvalue weighted by molar-refractivity contribution is 5.54. The van der Waals surface area contributed by atoms with Crippen molar-refractivity contribution in [3.8, 4) is 11.4 Å². The molecule has 2 heterocycles. The Morgan fingerprint density at radius 1 is 1.30 bits per heavy atom. The van der Waals surface area contributed by atoms with Crippen molar-refractivity contribution in [2.75, 3.05) is 20.6 Å². The van der Waals surface area contributed by atoms with Gasteiger partial charge in [-0.1, -0.05) is 35.0 Å². The second-order valence-corrected chi connectivity index (χ2v) is 6.80. The lowest BCUT2D eigenvalue weighted by atomic mass is 9.98. The summed E-state index contributed by atoms with van der Waals surface area (Å²) in [6.45, 7) is 6.22. The predicted molar refractivity (Wildman–Crippen MR) is 91.1 cm³/mol. The van der Waals surface area contributed by atoms with Crippen LogP contribution in [0.1, 0.15) is 31.2 Å². The minimum Gasteiger partial charge on any atom is -0.338 e. The maximum Gasteiger partial charge on any atom is 0.241 e. The summed E-state index contributed by atoms with van der Waals surface area (Å²) in [5, 5.41) is 4.12. The monoisotopic (exact) mass is 314 g/mol. The summed E-state index contributed by atoms with van der Waals surface area (Å²) in [6.07, 6.45) is 2.38. The average molecular weight is 314 g/mol. The molecule has 5 heteroatoms. The van der Waals surface area contributed by atoms with Gasteiger partial charge in [0.05, 0.1) is 6.54 Å². The molecule has 1 aliphatic rings. The molecule has 0 amide bonds. The Morgan fingerprint density at radius 3 is 2.74 bits per heavy atom. The van der Waals surface area contributed by atoms with Crippen LogP contribution in [0.15, 0.2) is 28.8 Å². The molecule has 1 saturated heterocycles. The first-order chi connectivity index (χ1) is 11.0. The summed E-state index contributed by atoms with van der Waals surface area (Å²) in [5.41, 5.74) is 2.23. The minimum atomic E-state index is 0.580. The maximum atomic E-state index is 5.45. The third-order valence-electron chi connectivity index (χ3n) is 4.97. The largest absolute Gasteiger partial charge is 0.338 e. The molecule has 1 aromatic carbocycles. The Bertz CT molecular complexity index is 637. The molecule has 2 aromatic rings. The first kappa shape index (κ1) is 16.1. The van der Waals surface area contributed by atoms with Crippen molar-refractivity contribution >= 4 is 0 Å². The first-order valence-corrected chi connectivity index (χ1v) is 8.33. The molecule has 1 fully saturated rings. The smallest absolute Gasteiger partial charge is 0.241 e. The van der Waals surface area contributed by atoms with Gasteiger partial charge >= 0.3 is 0 Å². The fourth-order valence-corrected chi connectivity index (χ4v) is 3.15. The molecule has 0 N–H and O–H groups in total. The second-order valence-electron chi connectivity index (χ2n) is 6.80. The van der Waals surface area contributed by atoms with E-state index in [9.17, 15) is 0 Å². The van der Waals surface area contributed by atoms with E-state index in [0.717, 1.165) is 12.1 Å². The van der Waals surface area contributed by atoms with Crippen LogP contribution in [0.2, 0.25) is 0 Å². The number of likely N-dealkylation sites (tertiary alicyclic amines) is 1. The van der Waals surface area contributed by atoms with Gasteiger partial charge in [-0.05, 0) is 47.3 Å². The third kappa shape index (κ3) is 3.79. The fourth-order valence-electron chi connectivity index (χ4n) is 3.15. The van der Waals surface area contributed by atoms with Crippen molar-refractivity contribution in [1.29, 1.82) is 0 Å². The van der Waals surface area contributed by atoms with Crippen molar-refractivity contribution in [3.63, 3.8) is 0 Å². The molecule has 3 rings (SSSR count). The van der Waals surface area contributed by atoms with Gasteiger partial charge in [0.15, 0.2) is 0 Å². The van der Waals surface area contributed by atoms with Crippen LogP contribution in [0.4, 0.5) is 0 Å². The zero-order valence-electron chi connectivity index (χ0n) is 14.5. The van der Waals surface area contributed by atoms with Crippen LogP contribution in [0.25, 0.3) is 11.4 Å². The van der Waals surface area contributed by atoms with E-state index in [-0.39, 0.29) is 0 Å². The zero-order chi connectivity index (χ0) is 16.4. The lowest BCUT2D eigenvalue weighted by molar-refractivity contribution is 0.0938. The van der Waals surface area contributed by atoms with Gasteiger partial charge in [-0.2, -0.15) is 4.98 Å². The number of aromatic nitrogens is 2. The molecule has 23 heavy (non-hydrogen) atoms. The molecule has 0 radical (unpaired) electrons. The van der Waals surface area contributed by atoms with Crippen LogP contribution in [0.5, 0.6) is 0 Å². The van der Waals surface area contributed by atoms with Crippen molar-refractivity contribution in [2.45, 2.75) is 45.3 Å². The molecule has 5 nitrogen and oxygen atoms in total. The molecule has 124 valence electrons. The van der Waals surface area contributed by atoms with Crippen LogP contribution in [0, 0.1) is 6.92 Å². The van der Waals surface area contributed by atoms with Gasteiger partial charge in [0, 0.05) is 17.6 Å². The Balaban J connectivity index is 1.63. The van der Waals surface area contributed by atoms with E-state index in [0.29, 0.717) is 30.3 Å². The topological polar surface area (TPSA) is 45.4 Å². The number of aryl methyl sites for hydroxylation is 1. The lowest BCUT2D eigenvalue weighted by Gasteiger charge is -2.38. The van der Waals surface area contributed by atoms with Gasteiger partial charge in [0.25, 0.3) is 0 Å². The van der Waals surface area contributed by atoms with Crippen molar-refractivity contribution in [3.05, 3.63) is 35.7 Å². The van der Waals surface area contributed by atoms with Gasteiger partial charge < -0.3 is 9.42 Å². The van der Waals surface area contributed by atoms with E-state index in [1.807, 2.05) is 12.1 Å². The number of nitrogens with zero attached hydrogens (tertiary/aromatic N) is 4. The van der Waals surface area contributed by atoms with Crippen molar-refractivity contribution in [2.24, 2.45) is 0 Å². The number of hydrogen-bond donors (Lipinski definition) is 0. The van der Waals surface area contributed by atoms with E-state index in [1.165, 1.54) is 18.4 Å². The van der Waals surface area contributed by atoms with Gasteiger partial charge in [-0.3, -0.25) is 4.90 Å². The van der Waals surface area contributed by atoms with Crippen molar-refractivity contribution < 1.29 is 4.52 Å². The fraction of sp³-hybridized carbons (Fsp3) is 0.556. The molecule has 1 aliphatic heterocycles. The highest BCUT2D eigenvalue weighted by Crippen LogP contribution is 2.22. The third-order valence-corrected chi connectivity index (χ3v) is 4.97. The molecule has 0 saturated carbocycles. The van der Waals surface area contributed by atoms with Gasteiger partial charge in [0.2, 0.25) is 11.7 Å². The van der Waals surface area contributed by atoms with E-state index in [2.05, 4.69) is 60.0 Å². The van der Waals surface area contributed by atoms with Crippen molar-refractivity contribution in [1.82, 2.24) is 19.9 Å². The molecular formula is C18H26N4O. The van der Waals surface area contributed by atoms with Gasteiger partial charge in [0.1, 0.15) is 0 Å². The Labute approximate surface area is 138 Å². The predicted octanol–water partition coefficient (Wildman–Crippen LogP) is 2.96. The van der Waals surface area contributed by atoms with Gasteiger partial charge in [-0.15, -0.1) is 0 Å². The Morgan fingerprint density at radius 2 is 2.04 bits per heavy atom. The second kappa shape index (κ2) is 6.81. The standard InChI is InChI=1S/C18H26N4O/c1-13-5-7-15(8-6-13)18-19-17(23-20-18)12-22(4)16-9-10-21(3)14(2)11-16/h5-8,14,16H,9-12H2,1-4H3/t14-,16-/m1/s1. The Hall–Kier alpha value is -1.72. The van der Waals surface area contributed by atoms with E-state index >= 15 is 0 Å². The van der Waals surface area contributed by atoms with Gasteiger partial charge in [-0.25, -0.2) is 0 Å². The van der Waals surface area contributed by atoms with Crippen LogP contribution >= 0.6 is 0 Å². The van der Waals surface area contributed by atoms with Crippen LogP contribution in [-0.4, -0.2) is 52.7 Å². The minimum absolute atomic E-state index is 0.580. The molecule has 0 unspecified atom stereocenters. The highest BCUT2D eigenvalue weighted by atomic mass is 16.5. The summed E-state index contributed by atoms with van der Waals surface area (Å²) < 4.78 is 5.45. The Kier molecular flexibility index (Phi) is 4.78. The number of hydrogen-bond acceptors (Lipinski definition) is 5. The number of benzene rings is 1. The SMILES string of the molecule is Cc1ccc(-c2noc(CN(C)[C@@H]3CCN(C)[C@H](C)C3)n2)cc1. The summed E-state index contributed by atoms with van der Waals surface area (Å²) in [5.74, 6) is 1.36. The summed E-state index contributed by atoms with van der Waals surface area (Å²) >= 11 is 0. The molecular weight excluding hydrogens is 288 g/mol. The summed E-state index contributed by atoms with van der Waals surface area (Å²) in [7, 11) is 4.35. The number of rotatable bonds is 4. The zero-order valence-corrected chi connectivity index (χ0v) is 14.5. The lowest BCUT2D eigenvalue weighted by Crippen LogP contribution is -2.46. The van der Waals surface area contributed by atoms with E-state index < -0.39 is 0 Å². The molecule has 2 atom stereocenters. The van der Waals surface area contributed by atoms with Crippen LogP contribution < -0.4 is 0 Å². The molecule has 1 aromatic heterocycles. The molecule has 0 aliphatic carbocycles. The molecule has 0 spiro atoms. The van der Waals surface area contributed by atoms with E-state index in [1.54, 1.807) is 0 Å².